The summed E-state index contributed by atoms with van der Waals surface area (Å²) >= 11 is 0. The van der Waals surface area contributed by atoms with Gasteiger partial charge in [0, 0.05) is 19.5 Å². The monoisotopic (exact) mass is 344 g/mol. The Labute approximate surface area is 133 Å². The number of halogens is 3. The van der Waals surface area contributed by atoms with Crippen molar-refractivity contribution in [2.45, 2.75) is 20.0 Å². The second-order valence-electron chi connectivity index (χ2n) is 4.24. The SMILES string of the molecule is CC(=O)C(=O)Nc1ccc(C#N)c(C(F)(F)F)c1.CC(=O)C(=O)O. The van der Waals surface area contributed by atoms with E-state index in [0.717, 1.165) is 26.0 Å². The molecule has 1 rings (SSSR count). The first kappa shape index (κ1) is 20.8. The van der Waals surface area contributed by atoms with Gasteiger partial charge in [-0.05, 0) is 18.2 Å². The van der Waals surface area contributed by atoms with Gasteiger partial charge >= 0.3 is 12.1 Å². The molecule has 0 atom stereocenters. The molecule has 1 amide bonds. The number of rotatable bonds is 3. The summed E-state index contributed by atoms with van der Waals surface area (Å²) < 4.78 is 37.7. The van der Waals surface area contributed by atoms with Crippen LogP contribution in [0.3, 0.4) is 0 Å². The molecule has 0 spiro atoms. The Kier molecular flexibility index (Phi) is 7.29. The number of hydrogen-bond donors (Lipinski definition) is 2. The number of Topliss-reactive ketones (excluding diaryl/α,β-unsaturated/α-hetero) is 2. The van der Waals surface area contributed by atoms with Crippen LogP contribution in [-0.2, 0) is 25.4 Å². The molecule has 0 aromatic heterocycles. The molecule has 1 aromatic rings. The molecule has 0 fully saturated rings. The van der Waals surface area contributed by atoms with E-state index < -0.39 is 40.7 Å². The van der Waals surface area contributed by atoms with E-state index in [9.17, 15) is 32.3 Å². The van der Waals surface area contributed by atoms with Crippen LogP contribution >= 0.6 is 0 Å². The summed E-state index contributed by atoms with van der Waals surface area (Å²) in [4.78, 5) is 40.6. The fraction of sp³-hybridized carbons (Fsp3) is 0.214. The number of benzene rings is 1. The molecule has 0 radical (unpaired) electrons. The number of nitrogens with zero attached hydrogens (tertiary/aromatic N) is 1. The molecule has 10 heteroatoms. The highest BCUT2D eigenvalue weighted by Gasteiger charge is 2.34. The number of nitriles is 1. The van der Waals surface area contributed by atoms with Crippen LogP contribution in [0, 0.1) is 11.3 Å². The van der Waals surface area contributed by atoms with Crippen LogP contribution in [-0.4, -0.2) is 28.5 Å². The van der Waals surface area contributed by atoms with Gasteiger partial charge in [-0.2, -0.15) is 18.4 Å². The second kappa shape index (κ2) is 8.42. The molecule has 1 aromatic carbocycles. The lowest BCUT2D eigenvalue weighted by molar-refractivity contribution is -0.148. The normalized spacial score (nSPS) is 9.83. The van der Waals surface area contributed by atoms with Gasteiger partial charge in [0.05, 0.1) is 17.2 Å². The van der Waals surface area contributed by atoms with Crippen molar-refractivity contribution in [3.05, 3.63) is 29.3 Å². The largest absolute Gasteiger partial charge is 0.476 e. The van der Waals surface area contributed by atoms with Gasteiger partial charge in [0.2, 0.25) is 11.6 Å². The zero-order chi connectivity index (χ0) is 19.1. The van der Waals surface area contributed by atoms with Gasteiger partial charge in [0.1, 0.15) is 0 Å². The van der Waals surface area contributed by atoms with Crippen molar-refractivity contribution in [2.75, 3.05) is 5.32 Å². The Hall–Kier alpha value is -3.22. The lowest BCUT2D eigenvalue weighted by atomic mass is 10.1. The number of nitrogens with one attached hydrogen (secondary N) is 1. The second-order valence-corrected chi connectivity index (χ2v) is 4.24. The van der Waals surface area contributed by atoms with Crippen molar-refractivity contribution in [2.24, 2.45) is 0 Å². The molecular formula is C14H11F3N2O5. The molecule has 0 bridgehead atoms. The molecule has 24 heavy (non-hydrogen) atoms. The quantitative estimate of drug-likeness (QED) is 0.805. The van der Waals surface area contributed by atoms with Crippen molar-refractivity contribution in [1.29, 1.82) is 5.26 Å². The lowest BCUT2D eigenvalue weighted by Gasteiger charge is -2.10. The van der Waals surface area contributed by atoms with Crippen molar-refractivity contribution < 1.29 is 37.5 Å². The molecule has 7 nitrogen and oxygen atoms in total. The third-order valence-corrected chi connectivity index (χ3v) is 2.32. The number of aliphatic carboxylic acids is 1. The van der Waals surface area contributed by atoms with Crippen molar-refractivity contribution in [3.8, 4) is 6.07 Å². The summed E-state index contributed by atoms with van der Waals surface area (Å²) in [6.45, 7) is 1.99. The van der Waals surface area contributed by atoms with E-state index in [2.05, 4.69) is 0 Å². The van der Waals surface area contributed by atoms with E-state index in [4.69, 9.17) is 10.4 Å². The van der Waals surface area contributed by atoms with Gasteiger partial charge in [-0.1, -0.05) is 0 Å². The van der Waals surface area contributed by atoms with Gasteiger partial charge in [-0.25, -0.2) is 4.79 Å². The number of carboxylic acids is 1. The van der Waals surface area contributed by atoms with Crippen molar-refractivity contribution >= 4 is 29.1 Å². The minimum Gasteiger partial charge on any atom is -0.476 e. The summed E-state index contributed by atoms with van der Waals surface area (Å²) in [5.74, 6) is -4.05. The standard InChI is InChI=1S/C11H7F3N2O2.C3H4O3/c1-6(17)10(18)16-8-3-2-7(5-15)9(4-8)11(12,13)14;1-2(4)3(5)6/h2-4H,1H3,(H,16,18);1H3,(H,5,6). The van der Waals surface area contributed by atoms with Crippen molar-refractivity contribution in [3.63, 3.8) is 0 Å². The number of alkyl halides is 3. The van der Waals surface area contributed by atoms with Crippen molar-refractivity contribution in [1.82, 2.24) is 0 Å². The number of carboxylic acid groups (broad SMARTS) is 1. The number of carbonyl (C=O) groups excluding carboxylic acids is 3. The summed E-state index contributed by atoms with van der Waals surface area (Å²) in [5, 5.41) is 18.2. The van der Waals surface area contributed by atoms with Crippen LogP contribution < -0.4 is 5.32 Å². The van der Waals surface area contributed by atoms with Gasteiger partial charge < -0.3 is 10.4 Å². The summed E-state index contributed by atoms with van der Waals surface area (Å²) in [7, 11) is 0. The van der Waals surface area contributed by atoms with E-state index >= 15 is 0 Å². The Balaban J connectivity index is 0.000000754. The summed E-state index contributed by atoms with van der Waals surface area (Å²) in [5.41, 5.74) is -1.91. The van der Waals surface area contributed by atoms with Crippen LogP contribution in [0.5, 0.6) is 0 Å². The topological polar surface area (TPSA) is 124 Å². The maximum atomic E-state index is 12.6. The molecule has 0 aliphatic carbocycles. The third kappa shape index (κ3) is 6.69. The summed E-state index contributed by atoms with van der Waals surface area (Å²) in [6.07, 6.45) is -4.71. The van der Waals surface area contributed by atoms with Gasteiger partial charge in [0.25, 0.3) is 5.91 Å². The molecular weight excluding hydrogens is 333 g/mol. The first-order valence-corrected chi connectivity index (χ1v) is 6.07. The van der Waals surface area contributed by atoms with E-state index in [1.807, 2.05) is 5.32 Å². The summed E-state index contributed by atoms with van der Waals surface area (Å²) in [6, 6.07) is 4.07. The van der Waals surface area contributed by atoms with Crippen LogP contribution in [0.4, 0.5) is 18.9 Å². The molecule has 0 saturated heterocycles. The molecule has 0 heterocycles. The molecule has 128 valence electrons. The van der Waals surface area contributed by atoms with E-state index in [1.165, 1.54) is 6.07 Å². The average Bonchev–Trinajstić information content (AvgIpc) is 2.46. The van der Waals surface area contributed by atoms with Crippen LogP contribution in [0.15, 0.2) is 18.2 Å². The number of ketones is 2. The van der Waals surface area contributed by atoms with E-state index in [1.54, 1.807) is 0 Å². The van der Waals surface area contributed by atoms with Gasteiger partial charge in [-0.3, -0.25) is 14.4 Å². The first-order valence-electron chi connectivity index (χ1n) is 6.07. The molecule has 0 unspecified atom stereocenters. The number of amides is 1. The predicted octanol–water partition coefficient (Wildman–Crippen LogP) is 1.76. The number of carbonyl (C=O) groups is 4. The van der Waals surface area contributed by atoms with E-state index in [-0.39, 0.29) is 5.69 Å². The zero-order valence-electron chi connectivity index (χ0n) is 12.4. The van der Waals surface area contributed by atoms with Crippen LogP contribution in [0.2, 0.25) is 0 Å². The Morgan fingerprint density at radius 2 is 1.62 bits per heavy atom. The molecule has 2 N–H and O–H groups in total. The number of anilines is 1. The maximum Gasteiger partial charge on any atom is 0.417 e. The lowest BCUT2D eigenvalue weighted by Crippen LogP contribution is -2.20. The fourth-order valence-corrected chi connectivity index (χ4v) is 1.17. The smallest absolute Gasteiger partial charge is 0.417 e. The van der Waals surface area contributed by atoms with E-state index in [0.29, 0.717) is 6.07 Å². The zero-order valence-corrected chi connectivity index (χ0v) is 12.4. The van der Waals surface area contributed by atoms with Gasteiger partial charge in [-0.15, -0.1) is 0 Å². The van der Waals surface area contributed by atoms with Crippen LogP contribution in [0.25, 0.3) is 0 Å². The highest BCUT2D eigenvalue weighted by atomic mass is 19.4. The molecule has 0 aliphatic heterocycles. The fourth-order valence-electron chi connectivity index (χ4n) is 1.17. The highest BCUT2D eigenvalue weighted by Crippen LogP contribution is 2.33. The average molecular weight is 344 g/mol. The highest BCUT2D eigenvalue weighted by molar-refractivity contribution is 6.39. The Morgan fingerprint density at radius 1 is 1.12 bits per heavy atom. The maximum absolute atomic E-state index is 12.6. The molecule has 0 saturated carbocycles. The van der Waals surface area contributed by atoms with Crippen LogP contribution in [0.1, 0.15) is 25.0 Å². The minimum atomic E-state index is -4.71. The number of hydrogen-bond acceptors (Lipinski definition) is 5. The third-order valence-electron chi connectivity index (χ3n) is 2.32. The Bertz CT molecular complexity index is 708. The Morgan fingerprint density at radius 3 is 1.96 bits per heavy atom. The molecule has 0 aliphatic rings. The van der Waals surface area contributed by atoms with Gasteiger partial charge in [0.15, 0.2) is 0 Å². The first-order chi connectivity index (χ1) is 10.9. The minimum absolute atomic E-state index is 0.193. The predicted molar refractivity (Wildman–Crippen MR) is 73.8 cm³/mol.